The maximum atomic E-state index is 12.1. The Morgan fingerprint density at radius 1 is 1.71 bits per heavy atom. The van der Waals surface area contributed by atoms with Crippen LogP contribution >= 0.6 is 0 Å². The lowest BCUT2D eigenvalue weighted by molar-refractivity contribution is -0.139. The minimum Gasteiger partial charge on any atom is -0.480 e. The van der Waals surface area contributed by atoms with E-state index in [0.717, 1.165) is 0 Å². The van der Waals surface area contributed by atoms with Crippen molar-refractivity contribution >= 4 is 12.0 Å². The van der Waals surface area contributed by atoms with Gasteiger partial charge in [-0.05, 0) is 0 Å². The van der Waals surface area contributed by atoms with Gasteiger partial charge in [0.05, 0.1) is 25.5 Å². The van der Waals surface area contributed by atoms with Gasteiger partial charge in [0, 0.05) is 24.9 Å². The third-order valence-corrected chi connectivity index (χ3v) is 3.07. The van der Waals surface area contributed by atoms with Crippen molar-refractivity contribution < 1.29 is 19.4 Å². The molecule has 112 valence electrons. The minimum atomic E-state index is -1.14. The third-order valence-electron chi connectivity index (χ3n) is 3.07. The Hall–Kier alpha value is -2.60. The van der Waals surface area contributed by atoms with Crippen LogP contribution in [0.2, 0.25) is 0 Å². The SMILES string of the molecule is N#CC1CN(C(=O)NC(Cc2cnc[nH]2)C(=O)O)CCO1. The molecule has 0 bridgehead atoms. The van der Waals surface area contributed by atoms with Gasteiger partial charge >= 0.3 is 12.0 Å². The zero-order chi connectivity index (χ0) is 15.2. The first-order valence-electron chi connectivity index (χ1n) is 6.37. The number of hydrogen-bond donors (Lipinski definition) is 3. The largest absolute Gasteiger partial charge is 0.480 e. The number of nitriles is 1. The molecule has 9 heteroatoms. The number of aromatic amines is 1. The summed E-state index contributed by atoms with van der Waals surface area (Å²) in [6.07, 6.45) is 2.37. The topological polar surface area (TPSA) is 131 Å². The van der Waals surface area contributed by atoms with Crippen molar-refractivity contribution in [2.45, 2.75) is 18.6 Å². The number of ether oxygens (including phenoxy) is 1. The predicted octanol–water partition coefficient (Wildman–Crippen LogP) is -0.661. The van der Waals surface area contributed by atoms with Crippen LogP contribution in [-0.2, 0) is 16.0 Å². The van der Waals surface area contributed by atoms with E-state index in [1.54, 1.807) is 0 Å². The average Bonchev–Trinajstić information content (AvgIpc) is 2.99. The van der Waals surface area contributed by atoms with Gasteiger partial charge in [0.25, 0.3) is 0 Å². The lowest BCUT2D eigenvalue weighted by atomic mass is 10.1. The van der Waals surface area contributed by atoms with Gasteiger partial charge in [0.2, 0.25) is 0 Å². The van der Waals surface area contributed by atoms with E-state index in [1.807, 2.05) is 6.07 Å². The quantitative estimate of drug-likeness (QED) is 0.675. The van der Waals surface area contributed by atoms with Crippen LogP contribution in [0.1, 0.15) is 5.69 Å². The van der Waals surface area contributed by atoms with Crippen LogP contribution in [0.3, 0.4) is 0 Å². The summed E-state index contributed by atoms with van der Waals surface area (Å²) in [4.78, 5) is 31.2. The average molecular weight is 293 g/mol. The zero-order valence-corrected chi connectivity index (χ0v) is 11.2. The number of carbonyl (C=O) groups excluding carboxylic acids is 1. The third kappa shape index (κ3) is 3.93. The second-order valence-electron chi connectivity index (χ2n) is 4.56. The number of nitrogens with zero attached hydrogens (tertiary/aromatic N) is 3. The number of urea groups is 1. The van der Waals surface area contributed by atoms with Crippen molar-refractivity contribution in [2.75, 3.05) is 19.7 Å². The van der Waals surface area contributed by atoms with Crippen molar-refractivity contribution in [3.05, 3.63) is 18.2 Å². The van der Waals surface area contributed by atoms with Crippen LogP contribution in [0.5, 0.6) is 0 Å². The predicted molar refractivity (Wildman–Crippen MR) is 69.2 cm³/mol. The van der Waals surface area contributed by atoms with E-state index in [9.17, 15) is 14.7 Å². The van der Waals surface area contributed by atoms with E-state index in [-0.39, 0.29) is 19.6 Å². The summed E-state index contributed by atoms with van der Waals surface area (Å²) >= 11 is 0. The fraction of sp³-hybridized carbons (Fsp3) is 0.500. The molecule has 2 unspecified atom stereocenters. The molecule has 0 saturated carbocycles. The van der Waals surface area contributed by atoms with Crippen molar-refractivity contribution in [1.82, 2.24) is 20.2 Å². The van der Waals surface area contributed by atoms with E-state index in [2.05, 4.69) is 15.3 Å². The number of carboxylic acids is 1. The fourth-order valence-corrected chi connectivity index (χ4v) is 1.97. The zero-order valence-electron chi connectivity index (χ0n) is 11.2. The smallest absolute Gasteiger partial charge is 0.326 e. The summed E-state index contributed by atoms with van der Waals surface area (Å²) in [5, 5.41) is 20.4. The van der Waals surface area contributed by atoms with E-state index < -0.39 is 24.1 Å². The van der Waals surface area contributed by atoms with E-state index in [1.165, 1.54) is 17.4 Å². The van der Waals surface area contributed by atoms with Crippen LogP contribution in [0.15, 0.2) is 12.5 Å². The van der Waals surface area contributed by atoms with Gasteiger partial charge in [-0.25, -0.2) is 14.6 Å². The molecule has 3 N–H and O–H groups in total. The normalized spacial score (nSPS) is 19.6. The maximum absolute atomic E-state index is 12.1. The Kier molecular flexibility index (Phi) is 4.73. The Bertz CT molecular complexity index is 538. The first-order valence-corrected chi connectivity index (χ1v) is 6.37. The van der Waals surface area contributed by atoms with E-state index in [0.29, 0.717) is 12.2 Å². The monoisotopic (exact) mass is 293 g/mol. The molecule has 1 fully saturated rings. The van der Waals surface area contributed by atoms with Crippen LogP contribution in [-0.4, -0.2) is 63.8 Å². The number of carbonyl (C=O) groups is 2. The lowest BCUT2D eigenvalue weighted by Gasteiger charge is -2.30. The van der Waals surface area contributed by atoms with E-state index in [4.69, 9.17) is 10.00 Å². The number of amides is 2. The molecule has 1 aliphatic heterocycles. The number of aliphatic carboxylic acids is 1. The molecule has 1 saturated heterocycles. The molecule has 2 heterocycles. The van der Waals surface area contributed by atoms with Crippen molar-refractivity contribution in [3.8, 4) is 6.07 Å². The lowest BCUT2D eigenvalue weighted by Crippen LogP contribution is -2.53. The first-order chi connectivity index (χ1) is 10.1. The van der Waals surface area contributed by atoms with Crippen LogP contribution in [0.25, 0.3) is 0 Å². The molecule has 1 aliphatic rings. The first kappa shape index (κ1) is 14.8. The van der Waals surface area contributed by atoms with Gasteiger partial charge < -0.3 is 25.0 Å². The van der Waals surface area contributed by atoms with E-state index >= 15 is 0 Å². The maximum Gasteiger partial charge on any atom is 0.326 e. The van der Waals surface area contributed by atoms with Gasteiger partial charge in [0.1, 0.15) is 6.04 Å². The number of morpholine rings is 1. The number of hydrogen-bond acceptors (Lipinski definition) is 5. The highest BCUT2D eigenvalue weighted by atomic mass is 16.5. The number of nitrogens with one attached hydrogen (secondary N) is 2. The summed E-state index contributed by atoms with van der Waals surface area (Å²) < 4.78 is 5.13. The Balaban J connectivity index is 1.95. The molecule has 0 aromatic carbocycles. The summed E-state index contributed by atoms with van der Waals surface area (Å²) in [6.45, 7) is 0.697. The molecule has 2 atom stereocenters. The van der Waals surface area contributed by atoms with Gasteiger partial charge in [-0.2, -0.15) is 5.26 Å². The number of H-pyrrole nitrogens is 1. The summed E-state index contributed by atoms with van der Waals surface area (Å²) in [5.41, 5.74) is 0.611. The molecule has 2 rings (SSSR count). The summed E-state index contributed by atoms with van der Waals surface area (Å²) in [6, 6.07) is 0.337. The standard InChI is InChI=1S/C12H15N5O4/c13-4-9-6-17(1-2-21-9)12(20)16-10(11(18)19)3-8-5-14-7-15-8/h5,7,9-10H,1-3,6H2,(H,14,15)(H,16,20)(H,18,19). The van der Waals surface area contributed by atoms with Gasteiger partial charge in [-0.15, -0.1) is 0 Å². The molecule has 0 aliphatic carbocycles. The highest BCUT2D eigenvalue weighted by Gasteiger charge is 2.28. The molecule has 1 aromatic rings. The summed E-state index contributed by atoms with van der Waals surface area (Å²) in [5.74, 6) is -1.14. The second-order valence-corrected chi connectivity index (χ2v) is 4.56. The number of rotatable bonds is 4. The van der Waals surface area contributed by atoms with Gasteiger partial charge in [-0.3, -0.25) is 0 Å². The molecule has 9 nitrogen and oxygen atoms in total. The molecule has 0 radical (unpaired) electrons. The fourth-order valence-electron chi connectivity index (χ4n) is 1.97. The summed E-state index contributed by atoms with van der Waals surface area (Å²) in [7, 11) is 0. The molecule has 21 heavy (non-hydrogen) atoms. The van der Waals surface area contributed by atoms with Gasteiger partial charge in [-0.1, -0.05) is 0 Å². The van der Waals surface area contributed by atoms with Crippen LogP contribution in [0, 0.1) is 11.3 Å². The highest BCUT2D eigenvalue weighted by molar-refractivity contribution is 5.82. The molecular formula is C12H15N5O4. The Morgan fingerprint density at radius 3 is 3.14 bits per heavy atom. The van der Waals surface area contributed by atoms with Crippen molar-refractivity contribution in [3.63, 3.8) is 0 Å². The highest BCUT2D eigenvalue weighted by Crippen LogP contribution is 2.06. The molecular weight excluding hydrogens is 278 g/mol. The Labute approximate surface area is 120 Å². The Morgan fingerprint density at radius 2 is 2.52 bits per heavy atom. The molecule has 0 spiro atoms. The van der Waals surface area contributed by atoms with Gasteiger partial charge in [0.15, 0.2) is 6.10 Å². The van der Waals surface area contributed by atoms with Crippen molar-refractivity contribution in [1.29, 1.82) is 5.26 Å². The number of aromatic nitrogens is 2. The molecule has 1 aromatic heterocycles. The minimum absolute atomic E-state index is 0.104. The van der Waals surface area contributed by atoms with Crippen LogP contribution in [0.4, 0.5) is 4.79 Å². The van der Waals surface area contributed by atoms with Crippen LogP contribution < -0.4 is 5.32 Å². The number of carboxylic acid groups (broad SMARTS) is 1. The van der Waals surface area contributed by atoms with Crippen molar-refractivity contribution in [2.24, 2.45) is 0 Å². The second kappa shape index (κ2) is 6.71. The molecule has 2 amide bonds. The number of imidazole rings is 1.